The molecule has 0 aromatic heterocycles. The number of anilines is 1. The third kappa shape index (κ3) is 2.99. The summed E-state index contributed by atoms with van der Waals surface area (Å²) in [6.07, 6.45) is 5.05. The van der Waals surface area contributed by atoms with Crippen molar-refractivity contribution in [2.75, 3.05) is 5.32 Å². The Bertz CT molecular complexity index is 329. The van der Waals surface area contributed by atoms with E-state index in [9.17, 15) is 5.11 Å². The standard InChI is InChI=1S/C14H21NO/c1-2-11-4-3-5-13(10-11)15-12-6-8-14(16)9-7-12/h3-5,10,12,14-16H,2,6-9H2,1H3. The average Bonchev–Trinajstić information content (AvgIpc) is 2.32. The monoisotopic (exact) mass is 219 g/mol. The summed E-state index contributed by atoms with van der Waals surface area (Å²) in [7, 11) is 0. The number of rotatable bonds is 3. The lowest BCUT2D eigenvalue weighted by molar-refractivity contribution is 0.126. The van der Waals surface area contributed by atoms with Crippen molar-refractivity contribution in [3.63, 3.8) is 0 Å². The fraction of sp³-hybridized carbons (Fsp3) is 0.571. The number of benzene rings is 1. The van der Waals surface area contributed by atoms with Gasteiger partial charge in [0.05, 0.1) is 6.10 Å². The van der Waals surface area contributed by atoms with Crippen molar-refractivity contribution in [1.82, 2.24) is 0 Å². The molecule has 1 saturated carbocycles. The van der Waals surface area contributed by atoms with E-state index in [1.54, 1.807) is 0 Å². The molecular weight excluding hydrogens is 198 g/mol. The molecule has 16 heavy (non-hydrogen) atoms. The summed E-state index contributed by atoms with van der Waals surface area (Å²) < 4.78 is 0. The summed E-state index contributed by atoms with van der Waals surface area (Å²) in [6, 6.07) is 9.17. The fourth-order valence-electron chi connectivity index (χ4n) is 2.34. The summed E-state index contributed by atoms with van der Waals surface area (Å²) in [4.78, 5) is 0. The van der Waals surface area contributed by atoms with Crippen molar-refractivity contribution in [2.45, 2.75) is 51.2 Å². The SMILES string of the molecule is CCc1cccc(NC2CCC(O)CC2)c1. The first kappa shape index (κ1) is 11.5. The second-order valence-electron chi connectivity index (χ2n) is 4.70. The van der Waals surface area contributed by atoms with Crippen LogP contribution >= 0.6 is 0 Å². The highest BCUT2D eigenvalue weighted by Gasteiger charge is 2.18. The summed E-state index contributed by atoms with van der Waals surface area (Å²) >= 11 is 0. The van der Waals surface area contributed by atoms with Crippen LogP contribution in [0.15, 0.2) is 24.3 Å². The molecule has 0 heterocycles. The number of aryl methyl sites for hydroxylation is 1. The Morgan fingerprint density at radius 2 is 2.00 bits per heavy atom. The molecule has 0 spiro atoms. The minimum atomic E-state index is -0.0694. The maximum absolute atomic E-state index is 9.45. The van der Waals surface area contributed by atoms with E-state index in [0.717, 1.165) is 32.1 Å². The van der Waals surface area contributed by atoms with Gasteiger partial charge >= 0.3 is 0 Å². The van der Waals surface area contributed by atoms with E-state index in [0.29, 0.717) is 6.04 Å². The number of hydrogen-bond donors (Lipinski definition) is 2. The molecule has 1 aromatic carbocycles. The second kappa shape index (κ2) is 5.35. The summed E-state index contributed by atoms with van der Waals surface area (Å²) in [5, 5.41) is 13.0. The topological polar surface area (TPSA) is 32.3 Å². The van der Waals surface area contributed by atoms with Crippen molar-refractivity contribution >= 4 is 5.69 Å². The first-order chi connectivity index (χ1) is 7.78. The highest BCUT2D eigenvalue weighted by atomic mass is 16.3. The van der Waals surface area contributed by atoms with Crippen LogP contribution in [-0.4, -0.2) is 17.3 Å². The zero-order valence-electron chi connectivity index (χ0n) is 9.95. The normalized spacial score (nSPS) is 25.4. The van der Waals surface area contributed by atoms with Crippen molar-refractivity contribution in [3.8, 4) is 0 Å². The molecule has 0 radical (unpaired) electrons. The second-order valence-corrected chi connectivity index (χ2v) is 4.70. The molecule has 0 atom stereocenters. The Balaban J connectivity index is 1.93. The van der Waals surface area contributed by atoms with E-state index in [1.165, 1.54) is 11.3 Å². The maximum atomic E-state index is 9.45. The van der Waals surface area contributed by atoms with Crippen molar-refractivity contribution in [2.24, 2.45) is 0 Å². The zero-order valence-corrected chi connectivity index (χ0v) is 9.95. The molecule has 0 aliphatic heterocycles. The largest absolute Gasteiger partial charge is 0.393 e. The molecule has 1 aliphatic rings. The minimum Gasteiger partial charge on any atom is -0.393 e. The molecule has 2 N–H and O–H groups in total. The van der Waals surface area contributed by atoms with Crippen molar-refractivity contribution in [1.29, 1.82) is 0 Å². The van der Waals surface area contributed by atoms with Crippen LogP contribution < -0.4 is 5.32 Å². The van der Waals surface area contributed by atoms with Gasteiger partial charge in [0, 0.05) is 11.7 Å². The molecule has 1 aliphatic carbocycles. The van der Waals surface area contributed by atoms with Crippen LogP contribution in [0.5, 0.6) is 0 Å². The molecule has 1 aromatic rings. The van der Waals surface area contributed by atoms with Gasteiger partial charge in [-0.3, -0.25) is 0 Å². The molecular formula is C14H21NO. The smallest absolute Gasteiger partial charge is 0.0541 e. The lowest BCUT2D eigenvalue weighted by atomic mass is 9.93. The minimum absolute atomic E-state index is 0.0694. The lowest BCUT2D eigenvalue weighted by Crippen LogP contribution is -2.28. The van der Waals surface area contributed by atoms with Crippen molar-refractivity contribution < 1.29 is 5.11 Å². The van der Waals surface area contributed by atoms with E-state index in [-0.39, 0.29) is 6.10 Å². The Morgan fingerprint density at radius 1 is 1.25 bits per heavy atom. The molecule has 1 fully saturated rings. The van der Waals surface area contributed by atoms with Crippen LogP contribution in [0.2, 0.25) is 0 Å². The van der Waals surface area contributed by atoms with Gasteiger partial charge in [0.1, 0.15) is 0 Å². The number of aliphatic hydroxyl groups is 1. The molecule has 0 saturated heterocycles. The van der Waals surface area contributed by atoms with E-state index in [1.807, 2.05) is 0 Å². The van der Waals surface area contributed by atoms with Crippen LogP contribution in [0, 0.1) is 0 Å². The molecule has 88 valence electrons. The number of nitrogens with one attached hydrogen (secondary N) is 1. The zero-order chi connectivity index (χ0) is 11.4. The van der Waals surface area contributed by atoms with Crippen LogP contribution in [0.25, 0.3) is 0 Å². The maximum Gasteiger partial charge on any atom is 0.0541 e. The fourth-order valence-corrected chi connectivity index (χ4v) is 2.34. The van der Waals surface area contributed by atoms with Crippen LogP contribution in [0.3, 0.4) is 0 Å². The van der Waals surface area contributed by atoms with Gasteiger partial charge in [0.2, 0.25) is 0 Å². The van der Waals surface area contributed by atoms with E-state index >= 15 is 0 Å². The van der Waals surface area contributed by atoms with Gasteiger partial charge in [-0.15, -0.1) is 0 Å². The quantitative estimate of drug-likeness (QED) is 0.819. The Morgan fingerprint density at radius 3 is 2.69 bits per heavy atom. The van der Waals surface area contributed by atoms with Crippen LogP contribution in [0.4, 0.5) is 5.69 Å². The Kier molecular flexibility index (Phi) is 3.83. The Hall–Kier alpha value is -1.02. The highest BCUT2D eigenvalue weighted by molar-refractivity contribution is 5.46. The number of hydrogen-bond acceptors (Lipinski definition) is 2. The van der Waals surface area contributed by atoms with E-state index in [2.05, 4.69) is 36.5 Å². The van der Waals surface area contributed by atoms with Crippen LogP contribution in [-0.2, 0) is 6.42 Å². The average molecular weight is 219 g/mol. The summed E-state index contributed by atoms with van der Waals surface area (Å²) in [5.41, 5.74) is 2.60. The lowest BCUT2D eigenvalue weighted by Gasteiger charge is -2.27. The van der Waals surface area contributed by atoms with Gasteiger partial charge in [-0.25, -0.2) is 0 Å². The first-order valence-electron chi connectivity index (χ1n) is 6.31. The van der Waals surface area contributed by atoms with Gasteiger partial charge in [-0.1, -0.05) is 19.1 Å². The molecule has 2 nitrogen and oxygen atoms in total. The number of aliphatic hydroxyl groups excluding tert-OH is 1. The van der Waals surface area contributed by atoms with Crippen LogP contribution in [0.1, 0.15) is 38.2 Å². The van der Waals surface area contributed by atoms with E-state index in [4.69, 9.17) is 0 Å². The molecule has 0 amide bonds. The van der Waals surface area contributed by atoms with Gasteiger partial charge in [-0.05, 0) is 49.8 Å². The Labute approximate surface area is 97.7 Å². The first-order valence-corrected chi connectivity index (χ1v) is 6.31. The van der Waals surface area contributed by atoms with E-state index < -0.39 is 0 Å². The van der Waals surface area contributed by atoms with Crippen molar-refractivity contribution in [3.05, 3.63) is 29.8 Å². The summed E-state index contributed by atoms with van der Waals surface area (Å²) in [5.74, 6) is 0. The molecule has 2 heteroatoms. The van der Waals surface area contributed by atoms with Gasteiger partial charge < -0.3 is 10.4 Å². The highest BCUT2D eigenvalue weighted by Crippen LogP contribution is 2.22. The third-order valence-electron chi connectivity index (χ3n) is 3.40. The molecule has 0 unspecified atom stereocenters. The van der Waals surface area contributed by atoms with Gasteiger partial charge in [0.15, 0.2) is 0 Å². The third-order valence-corrected chi connectivity index (χ3v) is 3.40. The molecule has 2 rings (SSSR count). The summed E-state index contributed by atoms with van der Waals surface area (Å²) in [6.45, 7) is 2.18. The van der Waals surface area contributed by atoms with Gasteiger partial charge in [0.25, 0.3) is 0 Å². The molecule has 0 bridgehead atoms. The predicted molar refractivity (Wildman–Crippen MR) is 67.7 cm³/mol. The van der Waals surface area contributed by atoms with Gasteiger partial charge in [-0.2, -0.15) is 0 Å². The predicted octanol–water partition coefficient (Wildman–Crippen LogP) is 2.96.